The van der Waals surface area contributed by atoms with Gasteiger partial charge in [0.25, 0.3) is 0 Å². The summed E-state index contributed by atoms with van der Waals surface area (Å²) in [6, 6.07) is 7.97. The van der Waals surface area contributed by atoms with Crippen LogP contribution in [0.5, 0.6) is 0 Å². The summed E-state index contributed by atoms with van der Waals surface area (Å²) in [4.78, 5) is 2.57. The van der Waals surface area contributed by atoms with Crippen LogP contribution in [-0.2, 0) is 6.54 Å². The molecular weight excluding hydrogens is 300 g/mol. The van der Waals surface area contributed by atoms with Gasteiger partial charge in [0.05, 0.1) is 0 Å². The molecule has 106 valence electrons. The zero-order valence-corrected chi connectivity index (χ0v) is 13.8. The molecule has 1 saturated heterocycles. The Morgan fingerprint density at radius 3 is 2.79 bits per heavy atom. The van der Waals surface area contributed by atoms with Gasteiger partial charge in [0, 0.05) is 29.6 Å². The maximum Gasteiger partial charge on any atom is 0.0237 e. The van der Waals surface area contributed by atoms with Crippen LogP contribution in [0.4, 0.5) is 0 Å². The van der Waals surface area contributed by atoms with E-state index in [1.54, 1.807) is 0 Å². The topological polar surface area (TPSA) is 15.3 Å². The number of benzene rings is 1. The van der Waals surface area contributed by atoms with Crippen molar-refractivity contribution in [1.82, 2.24) is 10.2 Å². The lowest BCUT2D eigenvalue weighted by Gasteiger charge is -2.29. The molecule has 2 rings (SSSR count). The van der Waals surface area contributed by atoms with Gasteiger partial charge in [0.1, 0.15) is 0 Å². The van der Waals surface area contributed by atoms with Gasteiger partial charge in [-0.2, -0.15) is 0 Å². The number of aryl methyl sites for hydroxylation is 1. The van der Waals surface area contributed by atoms with Crippen molar-refractivity contribution in [2.45, 2.75) is 52.2 Å². The van der Waals surface area contributed by atoms with E-state index in [9.17, 15) is 0 Å². The number of nitrogens with zero attached hydrogens (tertiary/aromatic N) is 1. The lowest BCUT2D eigenvalue weighted by molar-refractivity contribution is 0.194. The summed E-state index contributed by atoms with van der Waals surface area (Å²) < 4.78 is 1.22. The van der Waals surface area contributed by atoms with E-state index in [4.69, 9.17) is 0 Å². The fourth-order valence-corrected chi connectivity index (χ4v) is 3.05. The lowest BCUT2D eigenvalue weighted by Crippen LogP contribution is -2.40. The third-order valence-electron chi connectivity index (χ3n) is 3.97. The van der Waals surface area contributed by atoms with Crippen LogP contribution in [0.15, 0.2) is 22.7 Å². The molecule has 19 heavy (non-hydrogen) atoms. The molecule has 1 fully saturated rings. The average Bonchev–Trinajstić information content (AvgIpc) is 2.86. The Balaban J connectivity index is 2.00. The quantitative estimate of drug-likeness (QED) is 0.888. The highest BCUT2D eigenvalue weighted by Crippen LogP contribution is 2.20. The van der Waals surface area contributed by atoms with Crippen LogP contribution in [0.1, 0.15) is 37.8 Å². The standard InChI is InChI=1S/C16H25BrN2/c1-12(2)19(11-15-5-4-8-18-15)10-14-7-6-13(3)16(17)9-14/h6-7,9,12,15,18H,4-5,8,10-11H2,1-3H3. The van der Waals surface area contributed by atoms with Crippen LogP contribution in [0.2, 0.25) is 0 Å². The van der Waals surface area contributed by atoms with Gasteiger partial charge in [-0.1, -0.05) is 28.1 Å². The van der Waals surface area contributed by atoms with Gasteiger partial charge in [0.15, 0.2) is 0 Å². The second-order valence-electron chi connectivity index (χ2n) is 5.90. The van der Waals surface area contributed by atoms with Crippen LogP contribution in [-0.4, -0.2) is 30.1 Å². The molecule has 0 radical (unpaired) electrons. The predicted molar refractivity (Wildman–Crippen MR) is 85.4 cm³/mol. The molecular formula is C16H25BrN2. The van der Waals surface area contributed by atoms with E-state index in [2.05, 4.69) is 65.1 Å². The van der Waals surface area contributed by atoms with E-state index in [-0.39, 0.29) is 0 Å². The summed E-state index contributed by atoms with van der Waals surface area (Å²) in [5.74, 6) is 0. The number of nitrogens with one attached hydrogen (secondary N) is 1. The molecule has 1 aromatic rings. The molecule has 1 aromatic carbocycles. The molecule has 1 atom stereocenters. The Morgan fingerprint density at radius 2 is 2.21 bits per heavy atom. The van der Waals surface area contributed by atoms with Crippen molar-refractivity contribution in [2.24, 2.45) is 0 Å². The SMILES string of the molecule is Cc1ccc(CN(CC2CCCN2)C(C)C)cc1Br. The van der Waals surface area contributed by atoms with Crippen LogP contribution in [0.25, 0.3) is 0 Å². The van der Waals surface area contributed by atoms with E-state index >= 15 is 0 Å². The molecule has 1 heterocycles. The third-order valence-corrected chi connectivity index (χ3v) is 4.82. The minimum absolute atomic E-state index is 0.586. The number of rotatable bonds is 5. The third kappa shape index (κ3) is 4.30. The maximum absolute atomic E-state index is 3.63. The van der Waals surface area contributed by atoms with Gasteiger partial charge in [-0.3, -0.25) is 4.90 Å². The molecule has 0 spiro atoms. The van der Waals surface area contributed by atoms with Crippen molar-refractivity contribution in [1.29, 1.82) is 0 Å². The van der Waals surface area contributed by atoms with Gasteiger partial charge < -0.3 is 5.32 Å². The first-order valence-electron chi connectivity index (χ1n) is 7.28. The normalized spacial score (nSPS) is 19.6. The van der Waals surface area contributed by atoms with E-state index in [0.29, 0.717) is 12.1 Å². The number of hydrogen-bond acceptors (Lipinski definition) is 2. The molecule has 1 aliphatic rings. The van der Waals surface area contributed by atoms with Gasteiger partial charge in [0.2, 0.25) is 0 Å². The first-order valence-corrected chi connectivity index (χ1v) is 8.08. The largest absolute Gasteiger partial charge is 0.313 e. The number of halogens is 1. The second-order valence-corrected chi connectivity index (χ2v) is 6.75. The molecule has 2 nitrogen and oxygen atoms in total. The Hall–Kier alpha value is -0.380. The van der Waals surface area contributed by atoms with E-state index in [1.165, 1.54) is 35.0 Å². The summed E-state index contributed by atoms with van der Waals surface area (Å²) in [5.41, 5.74) is 2.70. The van der Waals surface area contributed by atoms with Crippen molar-refractivity contribution in [3.63, 3.8) is 0 Å². The van der Waals surface area contributed by atoms with Crippen molar-refractivity contribution in [3.8, 4) is 0 Å². The van der Waals surface area contributed by atoms with Crippen molar-refractivity contribution in [3.05, 3.63) is 33.8 Å². The Labute approximate surface area is 125 Å². The van der Waals surface area contributed by atoms with Crippen LogP contribution in [0, 0.1) is 6.92 Å². The molecule has 0 amide bonds. The summed E-state index contributed by atoms with van der Waals surface area (Å²) >= 11 is 3.63. The molecule has 1 unspecified atom stereocenters. The maximum atomic E-state index is 3.63. The zero-order chi connectivity index (χ0) is 13.8. The molecule has 0 bridgehead atoms. The summed E-state index contributed by atoms with van der Waals surface area (Å²) in [6.45, 7) is 10.1. The number of hydrogen-bond donors (Lipinski definition) is 1. The highest BCUT2D eigenvalue weighted by molar-refractivity contribution is 9.10. The van der Waals surface area contributed by atoms with Crippen molar-refractivity contribution >= 4 is 15.9 Å². The average molecular weight is 325 g/mol. The Kier molecular flexibility index (Phi) is 5.43. The van der Waals surface area contributed by atoms with Crippen LogP contribution in [0.3, 0.4) is 0 Å². The highest BCUT2D eigenvalue weighted by Gasteiger charge is 2.19. The highest BCUT2D eigenvalue weighted by atomic mass is 79.9. The Morgan fingerprint density at radius 1 is 1.42 bits per heavy atom. The zero-order valence-electron chi connectivity index (χ0n) is 12.2. The van der Waals surface area contributed by atoms with Crippen LogP contribution < -0.4 is 5.32 Å². The monoisotopic (exact) mass is 324 g/mol. The molecule has 0 aliphatic carbocycles. The summed E-state index contributed by atoms with van der Waals surface area (Å²) in [6.07, 6.45) is 2.65. The fraction of sp³-hybridized carbons (Fsp3) is 0.625. The van der Waals surface area contributed by atoms with E-state index in [0.717, 1.165) is 13.1 Å². The molecule has 3 heteroatoms. The van der Waals surface area contributed by atoms with Gasteiger partial charge >= 0.3 is 0 Å². The summed E-state index contributed by atoms with van der Waals surface area (Å²) in [7, 11) is 0. The minimum Gasteiger partial charge on any atom is -0.313 e. The molecule has 1 aliphatic heterocycles. The van der Waals surface area contributed by atoms with Gasteiger partial charge in [-0.25, -0.2) is 0 Å². The van der Waals surface area contributed by atoms with Crippen molar-refractivity contribution < 1.29 is 0 Å². The predicted octanol–water partition coefficient (Wildman–Crippen LogP) is 3.72. The summed E-state index contributed by atoms with van der Waals surface area (Å²) in [5, 5.41) is 3.60. The van der Waals surface area contributed by atoms with E-state index in [1.807, 2.05) is 0 Å². The fourth-order valence-electron chi connectivity index (χ4n) is 2.62. The molecule has 0 aromatic heterocycles. The smallest absolute Gasteiger partial charge is 0.0237 e. The van der Waals surface area contributed by atoms with Crippen molar-refractivity contribution in [2.75, 3.05) is 13.1 Å². The first-order chi connectivity index (χ1) is 9.06. The lowest BCUT2D eigenvalue weighted by atomic mass is 10.1. The van der Waals surface area contributed by atoms with Crippen LogP contribution >= 0.6 is 15.9 Å². The second kappa shape index (κ2) is 6.87. The van der Waals surface area contributed by atoms with Gasteiger partial charge in [-0.15, -0.1) is 0 Å². The first kappa shape index (κ1) is 15.0. The Bertz CT molecular complexity index is 411. The van der Waals surface area contributed by atoms with E-state index < -0.39 is 0 Å². The molecule has 0 saturated carbocycles. The van der Waals surface area contributed by atoms with Gasteiger partial charge in [-0.05, 0) is 57.4 Å². The molecule has 1 N–H and O–H groups in total. The minimum atomic E-state index is 0.586.